The van der Waals surface area contributed by atoms with Crippen molar-refractivity contribution in [2.24, 2.45) is 0 Å². The van der Waals surface area contributed by atoms with E-state index >= 15 is 0 Å². The number of ether oxygens (including phenoxy) is 1. The zero-order valence-electron chi connectivity index (χ0n) is 21.2. The minimum atomic E-state index is -4.29. The summed E-state index contributed by atoms with van der Waals surface area (Å²) in [6.07, 6.45) is 0. The summed E-state index contributed by atoms with van der Waals surface area (Å²) in [4.78, 5) is 27.4. The Morgan fingerprint density at radius 2 is 1.71 bits per heavy atom. The van der Waals surface area contributed by atoms with Gasteiger partial charge in [-0.05, 0) is 80.1 Å². The van der Waals surface area contributed by atoms with Crippen LogP contribution in [0, 0.1) is 5.82 Å². The average Bonchev–Trinajstić information content (AvgIpc) is 2.90. The van der Waals surface area contributed by atoms with Gasteiger partial charge in [0.05, 0.1) is 17.2 Å². The molecule has 2 amide bonds. The second-order valence-corrected chi connectivity index (χ2v) is 11.1. The van der Waals surface area contributed by atoms with Crippen molar-refractivity contribution < 1.29 is 27.1 Å². The van der Waals surface area contributed by atoms with Gasteiger partial charge < -0.3 is 15.0 Å². The molecular weight excluding hydrogens is 577 g/mol. The number of likely N-dealkylation sites (N-methyl/N-ethyl adjacent to an activating group) is 1. The minimum absolute atomic E-state index is 0.0700. The van der Waals surface area contributed by atoms with Crippen molar-refractivity contribution in [3.63, 3.8) is 0 Å². The molecule has 0 saturated carbocycles. The smallest absolute Gasteiger partial charge is 0.264 e. The number of hydrogen-bond donors (Lipinski definition) is 1. The molecule has 0 saturated heterocycles. The maximum atomic E-state index is 13.7. The molecule has 0 heterocycles. The van der Waals surface area contributed by atoms with Crippen LogP contribution in [-0.4, -0.2) is 51.4 Å². The van der Waals surface area contributed by atoms with E-state index in [0.717, 1.165) is 38.6 Å². The Morgan fingerprint density at radius 1 is 1.05 bits per heavy atom. The van der Waals surface area contributed by atoms with Gasteiger partial charge in [-0.3, -0.25) is 13.9 Å². The molecule has 0 spiro atoms. The summed E-state index contributed by atoms with van der Waals surface area (Å²) in [6, 6.07) is 17.0. The van der Waals surface area contributed by atoms with Crippen LogP contribution in [0.2, 0.25) is 0 Å². The summed E-state index contributed by atoms with van der Waals surface area (Å²) in [5.41, 5.74) is 0.957. The highest BCUT2D eigenvalue weighted by Gasteiger charge is 2.32. The van der Waals surface area contributed by atoms with Crippen molar-refractivity contribution in [1.29, 1.82) is 0 Å². The van der Waals surface area contributed by atoms with Gasteiger partial charge in [-0.15, -0.1) is 0 Å². The zero-order chi connectivity index (χ0) is 27.9. The lowest BCUT2D eigenvalue weighted by Crippen LogP contribution is -2.50. The number of carbonyl (C=O) groups excluding carboxylic acids is 2. The van der Waals surface area contributed by atoms with E-state index in [1.165, 1.54) is 24.1 Å². The fourth-order valence-corrected chi connectivity index (χ4v) is 5.62. The standard InChI is InChI=1S/C27H29BrFN3O5S/c1-4-37-24-12-10-23(11-13-24)32(38(35,36)25-14-8-22(29)9-15-25)18-26(33)31(19(2)27(34)30-3)17-20-6-5-7-21(28)16-20/h5-16,19H,4,17-18H2,1-3H3,(H,30,34)/t19-/m1/s1. The molecule has 38 heavy (non-hydrogen) atoms. The number of carbonyl (C=O) groups is 2. The summed E-state index contributed by atoms with van der Waals surface area (Å²) in [5.74, 6) is -1.05. The van der Waals surface area contributed by atoms with E-state index < -0.39 is 40.2 Å². The van der Waals surface area contributed by atoms with E-state index in [9.17, 15) is 22.4 Å². The summed E-state index contributed by atoms with van der Waals surface area (Å²) in [5, 5.41) is 2.54. The van der Waals surface area contributed by atoms with Gasteiger partial charge in [0, 0.05) is 18.1 Å². The Bertz CT molecular complexity index is 1370. The predicted molar refractivity (Wildman–Crippen MR) is 147 cm³/mol. The number of hydrogen-bond acceptors (Lipinski definition) is 5. The number of nitrogens with zero attached hydrogens (tertiary/aromatic N) is 2. The Hall–Kier alpha value is -3.44. The third-order valence-electron chi connectivity index (χ3n) is 5.77. The normalized spacial score (nSPS) is 11.9. The lowest BCUT2D eigenvalue weighted by Gasteiger charge is -2.31. The van der Waals surface area contributed by atoms with Crippen LogP contribution in [0.4, 0.5) is 10.1 Å². The highest BCUT2D eigenvalue weighted by Crippen LogP contribution is 2.27. The SMILES string of the molecule is CCOc1ccc(N(CC(=O)N(Cc2cccc(Br)c2)[C@H](C)C(=O)NC)S(=O)(=O)c2ccc(F)cc2)cc1. The van der Waals surface area contributed by atoms with Crippen molar-refractivity contribution in [1.82, 2.24) is 10.2 Å². The topological polar surface area (TPSA) is 96.0 Å². The third kappa shape index (κ3) is 7.11. The van der Waals surface area contributed by atoms with Crippen molar-refractivity contribution in [3.8, 4) is 5.75 Å². The second kappa shape index (κ2) is 12.9. The van der Waals surface area contributed by atoms with Crippen LogP contribution in [0.1, 0.15) is 19.4 Å². The summed E-state index contributed by atoms with van der Waals surface area (Å²) < 4.78 is 48.1. The number of amides is 2. The zero-order valence-corrected chi connectivity index (χ0v) is 23.6. The van der Waals surface area contributed by atoms with Gasteiger partial charge in [0.25, 0.3) is 10.0 Å². The molecule has 0 aliphatic heterocycles. The summed E-state index contributed by atoms with van der Waals surface area (Å²) in [6.45, 7) is 3.30. The molecule has 3 aromatic carbocycles. The summed E-state index contributed by atoms with van der Waals surface area (Å²) >= 11 is 3.41. The Morgan fingerprint density at radius 3 is 2.29 bits per heavy atom. The molecule has 0 bridgehead atoms. The first-order valence-corrected chi connectivity index (χ1v) is 14.1. The molecule has 0 radical (unpaired) electrons. The van der Waals surface area contributed by atoms with Gasteiger partial charge in [-0.2, -0.15) is 0 Å². The molecule has 11 heteroatoms. The maximum absolute atomic E-state index is 13.7. The first kappa shape index (κ1) is 29.1. The minimum Gasteiger partial charge on any atom is -0.494 e. The largest absolute Gasteiger partial charge is 0.494 e. The van der Waals surface area contributed by atoms with Crippen LogP contribution in [0.3, 0.4) is 0 Å². The van der Waals surface area contributed by atoms with Crippen LogP contribution >= 0.6 is 15.9 Å². The van der Waals surface area contributed by atoms with Gasteiger partial charge in [0.1, 0.15) is 24.2 Å². The number of rotatable bonds is 11. The van der Waals surface area contributed by atoms with Crippen LogP contribution in [0.25, 0.3) is 0 Å². The predicted octanol–water partition coefficient (Wildman–Crippen LogP) is 4.35. The van der Waals surface area contributed by atoms with Crippen LogP contribution in [0.5, 0.6) is 5.75 Å². The van der Waals surface area contributed by atoms with Crippen molar-refractivity contribution in [3.05, 3.63) is 88.6 Å². The number of benzene rings is 3. The van der Waals surface area contributed by atoms with Gasteiger partial charge >= 0.3 is 0 Å². The van der Waals surface area contributed by atoms with Crippen LogP contribution < -0.4 is 14.4 Å². The van der Waals surface area contributed by atoms with E-state index in [-0.39, 0.29) is 17.1 Å². The van der Waals surface area contributed by atoms with Crippen molar-refractivity contribution in [2.75, 3.05) is 24.5 Å². The van der Waals surface area contributed by atoms with Gasteiger partial charge in [0.15, 0.2) is 0 Å². The second-order valence-electron chi connectivity index (χ2n) is 8.33. The van der Waals surface area contributed by atoms with E-state index in [1.807, 2.05) is 19.1 Å². The number of sulfonamides is 1. The molecule has 0 unspecified atom stereocenters. The van der Waals surface area contributed by atoms with E-state index in [4.69, 9.17) is 4.74 Å². The van der Waals surface area contributed by atoms with Crippen molar-refractivity contribution in [2.45, 2.75) is 31.3 Å². The molecule has 0 aliphatic carbocycles. The van der Waals surface area contributed by atoms with Crippen molar-refractivity contribution >= 4 is 43.5 Å². The lowest BCUT2D eigenvalue weighted by molar-refractivity contribution is -0.139. The Balaban J connectivity index is 2.03. The van der Waals surface area contributed by atoms with Crippen LogP contribution in [0.15, 0.2) is 82.2 Å². The molecule has 1 atom stereocenters. The molecule has 0 aliphatic rings. The molecule has 8 nitrogen and oxygen atoms in total. The fraction of sp³-hybridized carbons (Fsp3) is 0.259. The van der Waals surface area contributed by atoms with Gasteiger partial charge in [0.2, 0.25) is 11.8 Å². The first-order chi connectivity index (χ1) is 18.1. The van der Waals surface area contributed by atoms with E-state index in [1.54, 1.807) is 31.2 Å². The fourth-order valence-electron chi connectivity index (χ4n) is 3.76. The molecule has 202 valence electrons. The van der Waals surface area contributed by atoms with Gasteiger partial charge in [-0.1, -0.05) is 28.1 Å². The highest BCUT2D eigenvalue weighted by atomic mass is 79.9. The number of anilines is 1. The lowest BCUT2D eigenvalue weighted by atomic mass is 10.1. The van der Waals surface area contributed by atoms with Gasteiger partial charge in [-0.25, -0.2) is 12.8 Å². The molecule has 3 aromatic rings. The molecule has 3 rings (SSSR count). The maximum Gasteiger partial charge on any atom is 0.264 e. The molecule has 1 N–H and O–H groups in total. The molecule has 0 fully saturated rings. The Labute approximate surface area is 230 Å². The number of nitrogens with one attached hydrogen (secondary N) is 1. The quantitative estimate of drug-likeness (QED) is 0.351. The molecule has 0 aromatic heterocycles. The monoisotopic (exact) mass is 605 g/mol. The average molecular weight is 607 g/mol. The van der Waals surface area contributed by atoms with E-state index in [0.29, 0.717) is 12.4 Å². The number of halogens is 2. The Kier molecular flexibility index (Phi) is 9.87. The highest BCUT2D eigenvalue weighted by molar-refractivity contribution is 9.10. The first-order valence-electron chi connectivity index (χ1n) is 11.8. The van der Waals surface area contributed by atoms with Crippen LogP contribution in [-0.2, 0) is 26.2 Å². The third-order valence-corrected chi connectivity index (χ3v) is 8.05. The van der Waals surface area contributed by atoms with E-state index in [2.05, 4.69) is 21.2 Å². The molecular formula is C27H29BrFN3O5S. The summed E-state index contributed by atoms with van der Waals surface area (Å²) in [7, 11) is -2.82.